The van der Waals surface area contributed by atoms with Crippen molar-refractivity contribution in [2.45, 2.75) is 20.0 Å². The number of carbonyl (C=O) groups is 2. The average Bonchev–Trinajstić information content (AvgIpc) is 2.95. The summed E-state index contributed by atoms with van der Waals surface area (Å²) in [4.78, 5) is 30.9. The molecule has 1 aliphatic rings. The van der Waals surface area contributed by atoms with Gasteiger partial charge in [-0.25, -0.2) is 4.98 Å². The fourth-order valence-electron chi connectivity index (χ4n) is 3.28. The number of hydrogen-bond donors (Lipinski definition) is 1. The van der Waals surface area contributed by atoms with E-state index in [2.05, 4.69) is 10.3 Å². The molecule has 1 atom stereocenters. The van der Waals surface area contributed by atoms with Gasteiger partial charge in [-0.3, -0.25) is 14.5 Å². The molecule has 5 nitrogen and oxygen atoms in total. The van der Waals surface area contributed by atoms with E-state index in [1.807, 2.05) is 55.5 Å². The van der Waals surface area contributed by atoms with Gasteiger partial charge in [0.05, 0.1) is 0 Å². The summed E-state index contributed by atoms with van der Waals surface area (Å²) >= 11 is 0. The van der Waals surface area contributed by atoms with E-state index in [1.165, 1.54) is 6.92 Å². The minimum atomic E-state index is -0.397. The van der Waals surface area contributed by atoms with Crippen molar-refractivity contribution >= 4 is 23.2 Å². The van der Waals surface area contributed by atoms with Crippen LogP contribution < -0.4 is 10.2 Å². The summed E-state index contributed by atoms with van der Waals surface area (Å²) in [5.74, 6) is 0.489. The van der Waals surface area contributed by atoms with Crippen LogP contribution in [0.15, 0.2) is 66.9 Å². The maximum absolute atomic E-state index is 13.0. The second-order valence-corrected chi connectivity index (χ2v) is 6.64. The number of anilines is 2. The third-order valence-electron chi connectivity index (χ3n) is 4.68. The largest absolute Gasteiger partial charge is 0.361 e. The third-order valence-corrected chi connectivity index (χ3v) is 4.68. The molecule has 4 rings (SSSR count). The van der Waals surface area contributed by atoms with Crippen LogP contribution in [-0.4, -0.2) is 16.7 Å². The van der Waals surface area contributed by atoms with E-state index in [0.29, 0.717) is 16.9 Å². The van der Waals surface area contributed by atoms with Gasteiger partial charge in [-0.2, -0.15) is 0 Å². The third kappa shape index (κ3) is 3.08. The number of fused-ring (bicyclic) bond motifs is 1. The van der Waals surface area contributed by atoms with Gasteiger partial charge in [0.2, 0.25) is 0 Å². The van der Waals surface area contributed by atoms with Gasteiger partial charge in [0.15, 0.2) is 5.78 Å². The molecular weight excluding hydrogens is 338 g/mol. The zero-order valence-corrected chi connectivity index (χ0v) is 15.1. The maximum atomic E-state index is 13.0. The van der Waals surface area contributed by atoms with E-state index < -0.39 is 6.17 Å². The summed E-state index contributed by atoms with van der Waals surface area (Å²) in [7, 11) is 0. The monoisotopic (exact) mass is 357 g/mol. The summed E-state index contributed by atoms with van der Waals surface area (Å²) in [6.07, 6.45) is 1.35. The normalized spacial score (nSPS) is 15.6. The van der Waals surface area contributed by atoms with Crippen LogP contribution in [-0.2, 0) is 0 Å². The van der Waals surface area contributed by atoms with Crippen LogP contribution in [0.3, 0.4) is 0 Å². The van der Waals surface area contributed by atoms with Crippen LogP contribution in [0.4, 0.5) is 11.5 Å². The van der Waals surface area contributed by atoms with Crippen molar-refractivity contribution in [3.05, 3.63) is 89.1 Å². The minimum absolute atomic E-state index is 0.00129. The molecule has 1 amide bonds. The van der Waals surface area contributed by atoms with Gasteiger partial charge in [-0.15, -0.1) is 0 Å². The molecule has 3 aromatic rings. The molecule has 1 N–H and O–H groups in total. The van der Waals surface area contributed by atoms with Crippen molar-refractivity contribution in [3.8, 4) is 0 Å². The highest BCUT2D eigenvalue weighted by Gasteiger charge is 2.38. The lowest BCUT2D eigenvalue weighted by Crippen LogP contribution is -2.33. The highest BCUT2D eigenvalue weighted by molar-refractivity contribution is 6.11. The van der Waals surface area contributed by atoms with Crippen molar-refractivity contribution in [1.29, 1.82) is 0 Å². The first-order valence-corrected chi connectivity index (χ1v) is 8.77. The highest BCUT2D eigenvalue weighted by Crippen LogP contribution is 2.37. The molecule has 0 aliphatic carbocycles. The van der Waals surface area contributed by atoms with E-state index >= 15 is 0 Å². The Kier molecular flexibility index (Phi) is 4.20. The first-order chi connectivity index (χ1) is 13.0. The number of ketones is 1. The van der Waals surface area contributed by atoms with E-state index in [9.17, 15) is 9.59 Å². The lowest BCUT2D eigenvalue weighted by atomic mass is 10.1. The molecule has 0 saturated heterocycles. The smallest absolute Gasteiger partial charge is 0.261 e. The Labute approximate surface area is 157 Å². The molecule has 0 fully saturated rings. The van der Waals surface area contributed by atoms with E-state index in [4.69, 9.17) is 0 Å². The molecule has 1 aliphatic heterocycles. The SMILES string of the molecule is CC(=O)c1cccc(N[C@@H]2c3ccccc3C(=O)N2c2ccc(C)cn2)c1. The average molecular weight is 357 g/mol. The van der Waals surface area contributed by atoms with Gasteiger partial charge in [0.25, 0.3) is 5.91 Å². The minimum Gasteiger partial charge on any atom is -0.361 e. The Bertz CT molecular complexity index is 1030. The van der Waals surface area contributed by atoms with E-state index in [0.717, 1.165) is 16.8 Å². The summed E-state index contributed by atoms with van der Waals surface area (Å²) < 4.78 is 0. The van der Waals surface area contributed by atoms with Crippen molar-refractivity contribution < 1.29 is 9.59 Å². The molecule has 0 spiro atoms. The van der Waals surface area contributed by atoms with Gasteiger partial charge >= 0.3 is 0 Å². The van der Waals surface area contributed by atoms with Crippen molar-refractivity contribution in [2.24, 2.45) is 0 Å². The number of Topliss-reactive ketones (excluding diaryl/α,β-unsaturated/α-hetero) is 1. The second kappa shape index (κ2) is 6.68. The Morgan fingerprint density at radius 1 is 1.07 bits per heavy atom. The van der Waals surface area contributed by atoms with Crippen LogP contribution in [0, 0.1) is 6.92 Å². The van der Waals surface area contributed by atoms with Gasteiger partial charge in [0.1, 0.15) is 12.0 Å². The number of carbonyl (C=O) groups excluding carboxylic acids is 2. The van der Waals surface area contributed by atoms with Gasteiger partial charge in [-0.05, 0) is 43.7 Å². The number of pyridine rings is 1. The second-order valence-electron chi connectivity index (χ2n) is 6.64. The molecule has 2 heterocycles. The molecule has 1 aromatic heterocycles. The Hall–Kier alpha value is -3.47. The first kappa shape index (κ1) is 17.0. The molecule has 5 heteroatoms. The van der Waals surface area contributed by atoms with Gasteiger partial charge in [-0.1, -0.05) is 36.4 Å². The zero-order chi connectivity index (χ0) is 19.0. The quantitative estimate of drug-likeness (QED) is 0.705. The lowest BCUT2D eigenvalue weighted by molar-refractivity contribution is 0.0989. The number of hydrogen-bond acceptors (Lipinski definition) is 4. The van der Waals surface area contributed by atoms with Crippen LogP contribution in [0.25, 0.3) is 0 Å². The molecule has 0 saturated carbocycles. The predicted molar refractivity (Wildman–Crippen MR) is 105 cm³/mol. The molecule has 0 unspecified atom stereocenters. The number of amides is 1. The summed E-state index contributed by atoms with van der Waals surface area (Å²) in [5, 5.41) is 3.40. The number of nitrogens with one attached hydrogen (secondary N) is 1. The van der Waals surface area contributed by atoms with E-state index in [1.54, 1.807) is 23.2 Å². The van der Waals surface area contributed by atoms with Crippen molar-refractivity contribution in [3.63, 3.8) is 0 Å². The van der Waals surface area contributed by atoms with Crippen LogP contribution in [0.1, 0.15) is 44.9 Å². The molecule has 134 valence electrons. The first-order valence-electron chi connectivity index (χ1n) is 8.77. The number of aryl methyl sites for hydroxylation is 1. The van der Waals surface area contributed by atoms with Gasteiger partial charge in [0, 0.05) is 28.6 Å². The Morgan fingerprint density at radius 3 is 2.63 bits per heavy atom. The lowest BCUT2D eigenvalue weighted by Gasteiger charge is -2.26. The van der Waals surface area contributed by atoms with Crippen LogP contribution >= 0.6 is 0 Å². The Balaban J connectivity index is 1.77. The Morgan fingerprint density at radius 2 is 1.89 bits per heavy atom. The van der Waals surface area contributed by atoms with Gasteiger partial charge < -0.3 is 5.32 Å². The fraction of sp³-hybridized carbons (Fsp3) is 0.136. The number of nitrogens with zero attached hydrogens (tertiary/aromatic N) is 2. The topological polar surface area (TPSA) is 62.3 Å². The standard InChI is InChI=1S/C22H19N3O2/c1-14-10-11-20(23-13-14)25-21(18-8-3-4-9-19(18)22(25)27)24-17-7-5-6-16(12-17)15(2)26/h3-13,21,24H,1-2H3/t21-/m0/s1. The van der Waals surface area contributed by atoms with Crippen molar-refractivity contribution in [2.75, 3.05) is 10.2 Å². The van der Waals surface area contributed by atoms with Crippen LogP contribution in [0.5, 0.6) is 0 Å². The summed E-state index contributed by atoms with van der Waals surface area (Å²) in [6.45, 7) is 3.50. The van der Waals surface area contributed by atoms with E-state index in [-0.39, 0.29) is 11.7 Å². The predicted octanol–water partition coefficient (Wildman–Crippen LogP) is 4.36. The molecular formula is C22H19N3O2. The molecule has 0 bridgehead atoms. The summed E-state index contributed by atoms with van der Waals surface area (Å²) in [5.41, 5.74) is 3.96. The molecule has 0 radical (unpaired) electrons. The number of rotatable bonds is 4. The molecule has 2 aromatic carbocycles. The number of aromatic nitrogens is 1. The summed E-state index contributed by atoms with van der Waals surface area (Å²) in [6, 6.07) is 18.6. The van der Waals surface area contributed by atoms with Crippen molar-refractivity contribution in [1.82, 2.24) is 4.98 Å². The maximum Gasteiger partial charge on any atom is 0.261 e. The fourth-order valence-corrected chi connectivity index (χ4v) is 3.28. The zero-order valence-electron chi connectivity index (χ0n) is 15.1. The highest BCUT2D eigenvalue weighted by atomic mass is 16.2. The van der Waals surface area contributed by atoms with Crippen LogP contribution in [0.2, 0.25) is 0 Å². The molecule has 27 heavy (non-hydrogen) atoms. The number of benzene rings is 2.